The molecule has 4 heteroatoms. The Morgan fingerprint density at radius 2 is 1.85 bits per heavy atom. The van der Waals surface area contributed by atoms with Crippen LogP contribution in [-0.4, -0.2) is 40.5 Å². The van der Waals surface area contributed by atoms with E-state index in [0.29, 0.717) is 12.0 Å². The van der Waals surface area contributed by atoms with Crippen LogP contribution >= 0.6 is 0 Å². The van der Waals surface area contributed by atoms with E-state index in [0.717, 1.165) is 37.6 Å². The maximum absolute atomic E-state index is 5.73. The molecule has 1 aromatic rings. The van der Waals surface area contributed by atoms with Gasteiger partial charge in [0.05, 0.1) is 7.11 Å². The molecular formula is C16H25NO3. The molecule has 1 aromatic carbocycles. The molecule has 1 aliphatic carbocycles. The Morgan fingerprint density at radius 3 is 2.50 bits per heavy atom. The van der Waals surface area contributed by atoms with Gasteiger partial charge in [-0.1, -0.05) is 12.1 Å². The second-order valence-corrected chi connectivity index (χ2v) is 5.42. The summed E-state index contributed by atoms with van der Waals surface area (Å²) in [5, 5.41) is 3.48. The molecule has 1 saturated carbocycles. The monoisotopic (exact) mass is 279 g/mol. The van der Waals surface area contributed by atoms with Gasteiger partial charge >= 0.3 is 0 Å². The van der Waals surface area contributed by atoms with Crippen LogP contribution in [0.4, 0.5) is 0 Å². The van der Waals surface area contributed by atoms with E-state index in [-0.39, 0.29) is 0 Å². The molecule has 2 rings (SSSR count). The molecule has 0 saturated heterocycles. The van der Waals surface area contributed by atoms with Crippen LogP contribution in [0.2, 0.25) is 0 Å². The number of ether oxygens (including phenoxy) is 3. The number of nitrogens with one attached hydrogen (secondary N) is 1. The second-order valence-electron chi connectivity index (χ2n) is 5.42. The molecular weight excluding hydrogens is 254 g/mol. The SMILES string of the molecule is COCCC1(CNCCOc2ccccc2OC)CC1. The summed E-state index contributed by atoms with van der Waals surface area (Å²) in [5.41, 5.74) is 0.487. The van der Waals surface area contributed by atoms with Crippen molar-refractivity contribution in [1.82, 2.24) is 5.32 Å². The predicted molar refractivity (Wildman–Crippen MR) is 79.5 cm³/mol. The highest BCUT2D eigenvalue weighted by Gasteiger charge is 2.41. The molecule has 0 aliphatic heterocycles. The number of para-hydroxylation sites is 2. The Labute approximate surface area is 121 Å². The first kappa shape index (κ1) is 15.1. The lowest BCUT2D eigenvalue weighted by Gasteiger charge is -2.16. The summed E-state index contributed by atoms with van der Waals surface area (Å²) in [5.74, 6) is 1.59. The van der Waals surface area contributed by atoms with Gasteiger partial charge in [0.15, 0.2) is 11.5 Å². The van der Waals surface area contributed by atoms with Crippen molar-refractivity contribution in [1.29, 1.82) is 0 Å². The second kappa shape index (κ2) is 7.50. The smallest absolute Gasteiger partial charge is 0.161 e. The van der Waals surface area contributed by atoms with Gasteiger partial charge in [-0.15, -0.1) is 0 Å². The molecule has 0 heterocycles. The maximum Gasteiger partial charge on any atom is 0.161 e. The minimum Gasteiger partial charge on any atom is -0.493 e. The highest BCUT2D eigenvalue weighted by molar-refractivity contribution is 5.39. The van der Waals surface area contributed by atoms with Crippen LogP contribution in [-0.2, 0) is 4.74 Å². The minimum absolute atomic E-state index is 0.487. The largest absolute Gasteiger partial charge is 0.493 e. The third kappa shape index (κ3) is 4.39. The van der Waals surface area contributed by atoms with Crippen molar-refractivity contribution < 1.29 is 14.2 Å². The lowest BCUT2D eigenvalue weighted by Crippen LogP contribution is -2.28. The van der Waals surface area contributed by atoms with Crippen molar-refractivity contribution in [2.75, 3.05) is 40.5 Å². The van der Waals surface area contributed by atoms with Crippen molar-refractivity contribution >= 4 is 0 Å². The van der Waals surface area contributed by atoms with E-state index in [1.807, 2.05) is 24.3 Å². The Hall–Kier alpha value is -1.26. The average Bonchev–Trinajstić information content (AvgIpc) is 3.25. The standard InChI is InChI=1S/C16H25NO3/c1-18-11-9-16(7-8-16)13-17-10-12-20-15-6-4-3-5-14(15)19-2/h3-6,17H,7-13H2,1-2H3. The molecule has 0 bridgehead atoms. The number of benzene rings is 1. The van der Waals surface area contributed by atoms with Crippen LogP contribution in [0.1, 0.15) is 19.3 Å². The lowest BCUT2D eigenvalue weighted by atomic mass is 10.0. The highest BCUT2D eigenvalue weighted by Crippen LogP contribution is 2.48. The van der Waals surface area contributed by atoms with E-state index in [1.165, 1.54) is 12.8 Å². The topological polar surface area (TPSA) is 39.7 Å². The van der Waals surface area contributed by atoms with Gasteiger partial charge in [-0.05, 0) is 36.8 Å². The van der Waals surface area contributed by atoms with Gasteiger partial charge in [-0.2, -0.15) is 0 Å². The van der Waals surface area contributed by atoms with E-state index in [9.17, 15) is 0 Å². The fourth-order valence-electron chi connectivity index (χ4n) is 2.34. The van der Waals surface area contributed by atoms with Gasteiger partial charge < -0.3 is 19.5 Å². The number of hydrogen-bond donors (Lipinski definition) is 1. The normalized spacial score (nSPS) is 15.9. The molecule has 4 nitrogen and oxygen atoms in total. The van der Waals surface area contributed by atoms with E-state index in [4.69, 9.17) is 14.2 Å². The van der Waals surface area contributed by atoms with Crippen LogP contribution < -0.4 is 14.8 Å². The van der Waals surface area contributed by atoms with E-state index in [2.05, 4.69) is 5.32 Å². The summed E-state index contributed by atoms with van der Waals surface area (Å²) >= 11 is 0. The molecule has 1 aliphatic rings. The summed E-state index contributed by atoms with van der Waals surface area (Å²) in [6, 6.07) is 7.73. The molecule has 0 radical (unpaired) electrons. The van der Waals surface area contributed by atoms with Gasteiger partial charge in [0.25, 0.3) is 0 Å². The van der Waals surface area contributed by atoms with Gasteiger partial charge in [0.2, 0.25) is 0 Å². The molecule has 0 atom stereocenters. The van der Waals surface area contributed by atoms with Crippen molar-refractivity contribution in [2.45, 2.75) is 19.3 Å². The Balaban J connectivity index is 1.62. The molecule has 0 aromatic heterocycles. The zero-order valence-electron chi connectivity index (χ0n) is 12.5. The Bertz CT molecular complexity index is 404. The lowest BCUT2D eigenvalue weighted by molar-refractivity contribution is 0.170. The fraction of sp³-hybridized carbons (Fsp3) is 0.625. The van der Waals surface area contributed by atoms with Gasteiger partial charge in [-0.3, -0.25) is 0 Å². The van der Waals surface area contributed by atoms with Crippen molar-refractivity contribution in [3.8, 4) is 11.5 Å². The number of methoxy groups -OCH3 is 2. The maximum atomic E-state index is 5.73. The molecule has 20 heavy (non-hydrogen) atoms. The fourth-order valence-corrected chi connectivity index (χ4v) is 2.34. The summed E-state index contributed by atoms with van der Waals surface area (Å²) in [6.45, 7) is 3.43. The highest BCUT2D eigenvalue weighted by atomic mass is 16.5. The number of hydrogen-bond acceptors (Lipinski definition) is 4. The van der Waals surface area contributed by atoms with E-state index in [1.54, 1.807) is 14.2 Å². The molecule has 0 spiro atoms. The average molecular weight is 279 g/mol. The van der Waals surface area contributed by atoms with Crippen molar-refractivity contribution in [3.63, 3.8) is 0 Å². The van der Waals surface area contributed by atoms with Crippen LogP contribution in [0.3, 0.4) is 0 Å². The zero-order valence-corrected chi connectivity index (χ0v) is 12.5. The quantitative estimate of drug-likeness (QED) is 0.668. The molecule has 1 fully saturated rings. The van der Waals surface area contributed by atoms with Crippen LogP contribution in [0, 0.1) is 5.41 Å². The van der Waals surface area contributed by atoms with Crippen LogP contribution in [0.25, 0.3) is 0 Å². The molecule has 112 valence electrons. The summed E-state index contributed by atoms with van der Waals surface area (Å²) in [7, 11) is 3.43. The van der Waals surface area contributed by atoms with Gasteiger partial charge in [-0.25, -0.2) is 0 Å². The zero-order chi connectivity index (χ0) is 14.3. The first-order valence-corrected chi connectivity index (χ1v) is 7.25. The van der Waals surface area contributed by atoms with Crippen LogP contribution in [0.5, 0.6) is 11.5 Å². The Morgan fingerprint density at radius 1 is 1.10 bits per heavy atom. The first-order valence-electron chi connectivity index (χ1n) is 7.25. The Kier molecular flexibility index (Phi) is 5.68. The van der Waals surface area contributed by atoms with E-state index >= 15 is 0 Å². The summed E-state index contributed by atoms with van der Waals surface area (Å²) < 4.78 is 16.1. The van der Waals surface area contributed by atoms with Crippen molar-refractivity contribution in [3.05, 3.63) is 24.3 Å². The minimum atomic E-state index is 0.487. The number of rotatable bonds is 10. The van der Waals surface area contributed by atoms with Gasteiger partial charge in [0, 0.05) is 26.8 Å². The predicted octanol–water partition coefficient (Wildman–Crippen LogP) is 2.48. The van der Waals surface area contributed by atoms with E-state index < -0.39 is 0 Å². The van der Waals surface area contributed by atoms with Crippen molar-refractivity contribution in [2.24, 2.45) is 5.41 Å². The van der Waals surface area contributed by atoms with Crippen LogP contribution in [0.15, 0.2) is 24.3 Å². The molecule has 1 N–H and O–H groups in total. The first-order chi connectivity index (χ1) is 9.79. The molecule has 0 amide bonds. The summed E-state index contributed by atoms with van der Waals surface area (Å²) in [6.07, 6.45) is 3.79. The van der Waals surface area contributed by atoms with Gasteiger partial charge in [0.1, 0.15) is 6.61 Å². The molecule has 0 unspecified atom stereocenters. The third-order valence-electron chi connectivity index (χ3n) is 3.90. The summed E-state index contributed by atoms with van der Waals surface area (Å²) in [4.78, 5) is 0. The third-order valence-corrected chi connectivity index (χ3v) is 3.90.